The number of methoxy groups -OCH3 is 1. The van der Waals surface area contributed by atoms with Crippen molar-refractivity contribution >= 4 is 0 Å². The third-order valence-electron chi connectivity index (χ3n) is 2.91. The Labute approximate surface area is 99.1 Å². The van der Waals surface area contributed by atoms with E-state index in [1.54, 1.807) is 7.11 Å². The predicted octanol–water partition coefficient (Wildman–Crippen LogP) is 0.709. The fourth-order valence-electron chi connectivity index (χ4n) is 2.16. The lowest BCUT2D eigenvalue weighted by molar-refractivity contribution is 0.112. The third-order valence-corrected chi connectivity index (χ3v) is 2.91. The molecule has 1 rings (SSSR count). The van der Waals surface area contributed by atoms with Crippen LogP contribution in [0.5, 0.6) is 0 Å². The highest BCUT2D eigenvalue weighted by Gasteiger charge is 2.32. The summed E-state index contributed by atoms with van der Waals surface area (Å²) in [6.07, 6.45) is 0.967. The second-order valence-electron chi connectivity index (χ2n) is 5.29. The monoisotopic (exact) mass is 230 g/mol. The van der Waals surface area contributed by atoms with Crippen LogP contribution in [0.15, 0.2) is 0 Å². The fourth-order valence-corrected chi connectivity index (χ4v) is 2.16. The van der Waals surface area contributed by atoms with Gasteiger partial charge in [0.25, 0.3) is 0 Å². The van der Waals surface area contributed by atoms with Crippen LogP contribution in [0.2, 0.25) is 0 Å². The van der Waals surface area contributed by atoms with Gasteiger partial charge in [-0.2, -0.15) is 0 Å². The van der Waals surface area contributed by atoms with Crippen molar-refractivity contribution in [2.24, 2.45) is 11.7 Å². The van der Waals surface area contributed by atoms with Crippen molar-refractivity contribution in [2.75, 3.05) is 46.6 Å². The van der Waals surface area contributed by atoms with Crippen LogP contribution < -0.4 is 5.73 Å². The third kappa shape index (κ3) is 4.78. The second kappa shape index (κ2) is 6.55. The van der Waals surface area contributed by atoms with E-state index in [0.717, 1.165) is 39.3 Å². The van der Waals surface area contributed by atoms with Crippen molar-refractivity contribution < 1.29 is 9.47 Å². The first-order valence-corrected chi connectivity index (χ1v) is 6.14. The standard InChI is InChI=1S/C12H26N2O2/c1-11(2)8-14(5-7-15-3)9-12(13)4-6-16-10-12/h11H,4-10,13H2,1-3H3. The van der Waals surface area contributed by atoms with E-state index in [0.29, 0.717) is 12.5 Å². The number of nitrogens with two attached hydrogens (primary N) is 1. The molecule has 1 fully saturated rings. The molecule has 0 amide bonds. The van der Waals surface area contributed by atoms with Gasteiger partial charge in [-0.05, 0) is 12.3 Å². The summed E-state index contributed by atoms with van der Waals surface area (Å²) < 4.78 is 10.5. The van der Waals surface area contributed by atoms with Crippen molar-refractivity contribution in [1.82, 2.24) is 4.90 Å². The Balaban J connectivity index is 2.41. The van der Waals surface area contributed by atoms with E-state index in [9.17, 15) is 0 Å². The molecular formula is C12H26N2O2. The molecule has 1 unspecified atom stereocenters. The van der Waals surface area contributed by atoms with Gasteiger partial charge in [0, 0.05) is 33.4 Å². The first-order chi connectivity index (χ1) is 7.56. The molecule has 0 spiro atoms. The zero-order chi connectivity index (χ0) is 12.0. The van der Waals surface area contributed by atoms with Gasteiger partial charge in [0.05, 0.1) is 18.8 Å². The molecule has 0 aromatic rings. The normalized spacial score (nSPS) is 25.9. The van der Waals surface area contributed by atoms with Gasteiger partial charge in [-0.3, -0.25) is 4.90 Å². The Bertz CT molecular complexity index is 191. The van der Waals surface area contributed by atoms with E-state index in [4.69, 9.17) is 15.2 Å². The Morgan fingerprint density at radius 3 is 2.75 bits per heavy atom. The zero-order valence-corrected chi connectivity index (χ0v) is 10.9. The zero-order valence-electron chi connectivity index (χ0n) is 10.9. The molecule has 4 nitrogen and oxygen atoms in total. The Hall–Kier alpha value is -0.160. The van der Waals surface area contributed by atoms with Crippen molar-refractivity contribution in [3.05, 3.63) is 0 Å². The van der Waals surface area contributed by atoms with Gasteiger partial charge >= 0.3 is 0 Å². The molecule has 1 heterocycles. The van der Waals surface area contributed by atoms with Crippen LogP contribution in [-0.4, -0.2) is 57.0 Å². The molecule has 1 atom stereocenters. The highest BCUT2D eigenvalue weighted by Crippen LogP contribution is 2.17. The molecule has 0 saturated carbocycles. The van der Waals surface area contributed by atoms with E-state index in [1.807, 2.05) is 0 Å². The minimum atomic E-state index is -0.150. The van der Waals surface area contributed by atoms with Gasteiger partial charge < -0.3 is 15.2 Å². The average Bonchev–Trinajstić information content (AvgIpc) is 2.60. The summed E-state index contributed by atoms with van der Waals surface area (Å²) in [7, 11) is 1.74. The van der Waals surface area contributed by atoms with Crippen LogP contribution in [0.4, 0.5) is 0 Å². The van der Waals surface area contributed by atoms with Gasteiger partial charge in [-0.1, -0.05) is 13.8 Å². The molecular weight excluding hydrogens is 204 g/mol. The van der Waals surface area contributed by atoms with Crippen molar-refractivity contribution in [3.63, 3.8) is 0 Å². The largest absolute Gasteiger partial charge is 0.383 e. The van der Waals surface area contributed by atoms with Crippen LogP contribution in [0, 0.1) is 5.92 Å². The highest BCUT2D eigenvalue weighted by atomic mass is 16.5. The van der Waals surface area contributed by atoms with Crippen LogP contribution in [0.3, 0.4) is 0 Å². The summed E-state index contributed by atoms with van der Waals surface area (Å²) in [4.78, 5) is 2.39. The summed E-state index contributed by atoms with van der Waals surface area (Å²) in [5.41, 5.74) is 6.15. The summed E-state index contributed by atoms with van der Waals surface area (Å²) in [5.74, 6) is 0.655. The van der Waals surface area contributed by atoms with E-state index in [-0.39, 0.29) is 5.54 Å². The van der Waals surface area contributed by atoms with Crippen molar-refractivity contribution in [2.45, 2.75) is 25.8 Å². The second-order valence-corrected chi connectivity index (χ2v) is 5.29. The maximum Gasteiger partial charge on any atom is 0.0659 e. The molecule has 1 saturated heterocycles. The molecule has 2 N–H and O–H groups in total. The van der Waals surface area contributed by atoms with Gasteiger partial charge in [0.1, 0.15) is 0 Å². The van der Waals surface area contributed by atoms with E-state index >= 15 is 0 Å². The number of rotatable bonds is 7. The fraction of sp³-hybridized carbons (Fsp3) is 1.00. The molecule has 1 aliphatic heterocycles. The number of hydrogen-bond donors (Lipinski definition) is 1. The number of ether oxygens (including phenoxy) is 2. The van der Waals surface area contributed by atoms with Crippen molar-refractivity contribution in [1.29, 1.82) is 0 Å². The molecule has 0 radical (unpaired) electrons. The Morgan fingerprint density at radius 2 is 2.25 bits per heavy atom. The molecule has 4 heteroatoms. The van der Waals surface area contributed by atoms with E-state index in [2.05, 4.69) is 18.7 Å². The molecule has 0 aromatic heterocycles. The van der Waals surface area contributed by atoms with Gasteiger partial charge in [-0.25, -0.2) is 0 Å². The topological polar surface area (TPSA) is 47.7 Å². The summed E-state index contributed by atoms with van der Waals surface area (Å²) in [6, 6.07) is 0. The highest BCUT2D eigenvalue weighted by molar-refractivity contribution is 4.91. The lowest BCUT2D eigenvalue weighted by atomic mass is 9.99. The average molecular weight is 230 g/mol. The van der Waals surface area contributed by atoms with Gasteiger partial charge in [0.2, 0.25) is 0 Å². The van der Waals surface area contributed by atoms with Crippen LogP contribution in [-0.2, 0) is 9.47 Å². The minimum absolute atomic E-state index is 0.150. The lowest BCUT2D eigenvalue weighted by Gasteiger charge is -2.32. The van der Waals surface area contributed by atoms with Gasteiger partial charge in [-0.15, -0.1) is 0 Å². The number of nitrogens with zero attached hydrogens (tertiary/aromatic N) is 1. The quantitative estimate of drug-likeness (QED) is 0.700. The number of hydrogen-bond acceptors (Lipinski definition) is 4. The van der Waals surface area contributed by atoms with Crippen LogP contribution in [0.1, 0.15) is 20.3 Å². The van der Waals surface area contributed by atoms with Crippen LogP contribution in [0.25, 0.3) is 0 Å². The maximum atomic E-state index is 6.30. The first-order valence-electron chi connectivity index (χ1n) is 6.14. The van der Waals surface area contributed by atoms with E-state index < -0.39 is 0 Å². The minimum Gasteiger partial charge on any atom is -0.383 e. The molecule has 96 valence electrons. The summed E-state index contributed by atoms with van der Waals surface area (Å²) in [6.45, 7) is 9.65. The Kier molecular flexibility index (Phi) is 5.69. The van der Waals surface area contributed by atoms with Gasteiger partial charge in [0.15, 0.2) is 0 Å². The maximum absolute atomic E-state index is 6.30. The SMILES string of the molecule is COCCN(CC(C)C)CC1(N)CCOC1. The van der Waals surface area contributed by atoms with Crippen molar-refractivity contribution in [3.8, 4) is 0 Å². The first kappa shape index (κ1) is 13.9. The molecule has 0 aromatic carbocycles. The summed E-state index contributed by atoms with van der Waals surface area (Å²) >= 11 is 0. The Morgan fingerprint density at radius 1 is 1.50 bits per heavy atom. The lowest BCUT2D eigenvalue weighted by Crippen LogP contribution is -2.52. The molecule has 16 heavy (non-hydrogen) atoms. The summed E-state index contributed by atoms with van der Waals surface area (Å²) in [5, 5.41) is 0. The van der Waals surface area contributed by atoms with E-state index in [1.165, 1.54) is 0 Å². The van der Waals surface area contributed by atoms with Crippen LogP contribution >= 0.6 is 0 Å². The molecule has 0 bridgehead atoms. The molecule has 0 aliphatic carbocycles. The smallest absolute Gasteiger partial charge is 0.0659 e. The predicted molar refractivity (Wildman–Crippen MR) is 65.5 cm³/mol. The molecule has 1 aliphatic rings.